The minimum absolute atomic E-state index is 1.06. The summed E-state index contributed by atoms with van der Waals surface area (Å²) in [6.45, 7) is 0. The highest BCUT2D eigenvalue weighted by Crippen LogP contribution is 2.28. The molecule has 0 radical (unpaired) electrons. The van der Waals surface area contributed by atoms with Gasteiger partial charge < -0.3 is 0 Å². The van der Waals surface area contributed by atoms with E-state index in [-0.39, 0.29) is 0 Å². The molecule has 0 heterocycles. The molecule has 1 rings (SSSR count). The monoisotopic (exact) mass is 442 g/mol. The molecule has 1 aromatic carbocycles. The Morgan fingerprint density at radius 1 is 0.786 bits per heavy atom. The van der Waals surface area contributed by atoms with Crippen molar-refractivity contribution in [1.29, 1.82) is 0 Å². The SMILES string of the molecule is Br/C=C/c1cc(/C=C/Br)c(Br)cc1Br. The Bertz CT molecular complexity index is 347. The predicted octanol–water partition coefficient (Wildman–Crippen LogP) is 5.94. The maximum Gasteiger partial charge on any atom is 0.0259 e. The van der Waals surface area contributed by atoms with Gasteiger partial charge in [0.05, 0.1) is 0 Å². The van der Waals surface area contributed by atoms with Crippen molar-refractivity contribution in [1.82, 2.24) is 0 Å². The molecule has 0 saturated carbocycles. The van der Waals surface area contributed by atoms with Crippen LogP contribution in [0.4, 0.5) is 0 Å². The third kappa shape index (κ3) is 3.33. The zero-order chi connectivity index (χ0) is 10.6. The normalized spacial score (nSPS) is 11.7. The third-order valence-electron chi connectivity index (χ3n) is 1.60. The van der Waals surface area contributed by atoms with Gasteiger partial charge in [-0.25, -0.2) is 0 Å². The number of rotatable bonds is 2. The first-order chi connectivity index (χ1) is 6.69. The molecule has 0 unspecified atom stereocenters. The predicted molar refractivity (Wildman–Crippen MR) is 77.8 cm³/mol. The second kappa shape index (κ2) is 6.26. The topological polar surface area (TPSA) is 0 Å². The molecule has 0 aliphatic heterocycles. The van der Waals surface area contributed by atoms with E-state index in [0.717, 1.165) is 20.1 Å². The van der Waals surface area contributed by atoms with Gasteiger partial charge in [0.2, 0.25) is 0 Å². The van der Waals surface area contributed by atoms with Crippen LogP contribution in [0, 0.1) is 0 Å². The molecule has 0 saturated heterocycles. The van der Waals surface area contributed by atoms with E-state index in [4.69, 9.17) is 0 Å². The molecule has 0 nitrogen and oxygen atoms in total. The molecular formula is C10H6Br4. The number of hydrogen-bond acceptors (Lipinski definition) is 0. The largest absolute Gasteiger partial charge is 0.0595 e. The Morgan fingerprint density at radius 3 is 1.57 bits per heavy atom. The molecule has 0 amide bonds. The van der Waals surface area contributed by atoms with Crippen molar-refractivity contribution in [3.05, 3.63) is 42.2 Å². The van der Waals surface area contributed by atoms with Gasteiger partial charge in [-0.2, -0.15) is 0 Å². The lowest BCUT2D eigenvalue weighted by Gasteiger charge is -2.03. The molecule has 1 aromatic rings. The van der Waals surface area contributed by atoms with Gasteiger partial charge in [0.15, 0.2) is 0 Å². The molecule has 0 spiro atoms. The average molecular weight is 446 g/mol. The number of hydrogen-bond donors (Lipinski definition) is 0. The fourth-order valence-corrected chi connectivity index (χ4v) is 2.80. The highest BCUT2D eigenvalue weighted by atomic mass is 79.9. The van der Waals surface area contributed by atoms with Crippen molar-refractivity contribution in [2.75, 3.05) is 0 Å². The standard InChI is InChI=1S/C10H6Br4/c11-3-1-7-5-8(2-4-12)10(14)6-9(7)13/h1-6H/b3-1+,4-2+. The van der Waals surface area contributed by atoms with E-state index in [1.54, 1.807) is 0 Å². The van der Waals surface area contributed by atoms with Gasteiger partial charge in [0.1, 0.15) is 0 Å². The van der Waals surface area contributed by atoms with Crippen LogP contribution in [-0.4, -0.2) is 0 Å². The summed E-state index contributed by atoms with van der Waals surface area (Å²) in [5.41, 5.74) is 2.26. The van der Waals surface area contributed by atoms with Gasteiger partial charge in [0, 0.05) is 8.95 Å². The molecule has 4 heteroatoms. The summed E-state index contributed by atoms with van der Waals surface area (Å²) in [5.74, 6) is 0. The maximum absolute atomic E-state index is 3.50. The quantitative estimate of drug-likeness (QED) is 0.528. The lowest BCUT2D eigenvalue weighted by Crippen LogP contribution is -1.81. The van der Waals surface area contributed by atoms with E-state index in [1.165, 1.54) is 0 Å². The second-order valence-electron chi connectivity index (χ2n) is 2.48. The van der Waals surface area contributed by atoms with Crippen molar-refractivity contribution in [3.8, 4) is 0 Å². The number of halogens is 4. The van der Waals surface area contributed by atoms with Crippen LogP contribution in [0.15, 0.2) is 31.0 Å². The van der Waals surface area contributed by atoms with E-state index < -0.39 is 0 Å². The van der Waals surface area contributed by atoms with Crippen molar-refractivity contribution < 1.29 is 0 Å². The molecular weight excluding hydrogens is 440 g/mol. The zero-order valence-corrected chi connectivity index (χ0v) is 13.3. The van der Waals surface area contributed by atoms with Gasteiger partial charge in [-0.3, -0.25) is 0 Å². The van der Waals surface area contributed by atoms with Crippen molar-refractivity contribution in [2.45, 2.75) is 0 Å². The van der Waals surface area contributed by atoms with E-state index in [9.17, 15) is 0 Å². The van der Waals surface area contributed by atoms with Crippen LogP contribution in [0.1, 0.15) is 11.1 Å². The van der Waals surface area contributed by atoms with Crippen molar-refractivity contribution in [3.63, 3.8) is 0 Å². The summed E-state index contributed by atoms with van der Waals surface area (Å²) < 4.78 is 2.12. The van der Waals surface area contributed by atoms with Crippen molar-refractivity contribution >= 4 is 75.9 Å². The van der Waals surface area contributed by atoms with Crippen LogP contribution in [0.25, 0.3) is 12.2 Å². The van der Waals surface area contributed by atoms with Crippen LogP contribution < -0.4 is 0 Å². The molecule has 0 bridgehead atoms. The average Bonchev–Trinajstić information content (AvgIpc) is 2.14. The van der Waals surface area contributed by atoms with Gasteiger partial charge in [-0.1, -0.05) is 63.7 Å². The fraction of sp³-hybridized carbons (Fsp3) is 0. The summed E-state index contributed by atoms with van der Waals surface area (Å²) in [6, 6.07) is 4.12. The highest BCUT2D eigenvalue weighted by Gasteiger charge is 2.02. The first-order valence-electron chi connectivity index (χ1n) is 3.71. The minimum Gasteiger partial charge on any atom is -0.0595 e. The molecule has 0 aliphatic carbocycles. The molecule has 14 heavy (non-hydrogen) atoms. The summed E-state index contributed by atoms with van der Waals surface area (Å²) in [6.07, 6.45) is 3.98. The first-order valence-corrected chi connectivity index (χ1v) is 7.13. The van der Waals surface area contributed by atoms with E-state index >= 15 is 0 Å². The summed E-state index contributed by atoms with van der Waals surface area (Å²) in [4.78, 5) is 3.67. The molecule has 0 atom stereocenters. The van der Waals surface area contributed by atoms with Crippen LogP contribution in [-0.2, 0) is 0 Å². The Balaban J connectivity index is 3.26. The van der Waals surface area contributed by atoms with Gasteiger partial charge in [0.25, 0.3) is 0 Å². The van der Waals surface area contributed by atoms with Crippen LogP contribution in [0.3, 0.4) is 0 Å². The van der Waals surface area contributed by atoms with Crippen LogP contribution in [0.2, 0.25) is 0 Å². The Kier molecular flexibility index (Phi) is 5.67. The lowest BCUT2D eigenvalue weighted by atomic mass is 10.1. The Morgan fingerprint density at radius 2 is 1.21 bits per heavy atom. The number of benzene rings is 1. The summed E-state index contributed by atoms with van der Waals surface area (Å²) >= 11 is 13.5. The molecule has 74 valence electrons. The van der Waals surface area contributed by atoms with Gasteiger partial charge in [-0.05, 0) is 45.4 Å². The smallest absolute Gasteiger partial charge is 0.0259 e. The summed E-state index contributed by atoms with van der Waals surface area (Å²) in [5, 5.41) is 0. The third-order valence-corrected chi connectivity index (χ3v) is 3.50. The fourth-order valence-electron chi connectivity index (χ4n) is 0.975. The second-order valence-corrected chi connectivity index (χ2v) is 5.25. The van der Waals surface area contributed by atoms with Crippen LogP contribution in [0.5, 0.6) is 0 Å². The van der Waals surface area contributed by atoms with Gasteiger partial charge >= 0.3 is 0 Å². The Hall–Kier alpha value is 0.620. The first kappa shape index (κ1) is 12.7. The zero-order valence-electron chi connectivity index (χ0n) is 6.98. The van der Waals surface area contributed by atoms with E-state index in [0.29, 0.717) is 0 Å². The molecule has 0 N–H and O–H groups in total. The molecule has 0 aliphatic rings. The summed E-state index contributed by atoms with van der Waals surface area (Å²) in [7, 11) is 0. The molecule has 0 aromatic heterocycles. The van der Waals surface area contributed by atoms with Crippen LogP contribution >= 0.6 is 63.7 Å². The maximum atomic E-state index is 3.50. The highest BCUT2D eigenvalue weighted by molar-refractivity contribution is 9.11. The van der Waals surface area contributed by atoms with E-state index in [2.05, 4.69) is 69.8 Å². The van der Waals surface area contributed by atoms with Gasteiger partial charge in [-0.15, -0.1) is 0 Å². The Labute approximate surface area is 117 Å². The molecule has 0 fully saturated rings. The lowest BCUT2D eigenvalue weighted by molar-refractivity contribution is 1.53. The minimum atomic E-state index is 1.06. The van der Waals surface area contributed by atoms with E-state index in [1.807, 2.05) is 28.2 Å². The van der Waals surface area contributed by atoms with Crippen molar-refractivity contribution in [2.24, 2.45) is 0 Å².